The summed E-state index contributed by atoms with van der Waals surface area (Å²) in [6.45, 7) is 3.83. The number of amidine groups is 1. The Balaban J connectivity index is 1.23. The molecule has 4 aromatic rings. The predicted molar refractivity (Wildman–Crippen MR) is 159 cm³/mol. The summed E-state index contributed by atoms with van der Waals surface area (Å²) in [5.74, 6) is 0.177. The lowest BCUT2D eigenvalue weighted by Crippen LogP contribution is -2.31. The first kappa shape index (κ1) is 29.6. The molecule has 3 aromatic carbocycles. The average Bonchev–Trinajstić information content (AvgIpc) is 3.62. The smallest absolute Gasteiger partial charge is 0.406 e. The standard InChI is InChI=1S/C30H25F3N6O3S/c1-3-20-6-4-5-7-25(20)39-26(40)17-43-29(39)36-28(41)34-16-19(2)21-8-10-22(11-9-21)27-35-18-38(37-27)23-12-14-24(15-13-23)42-30(31,32)33/h4-16,18H,3,17H2,1-2H3,(H,34,41)/b19-16+,36-29?. The fourth-order valence-corrected chi connectivity index (χ4v) is 5.14. The zero-order chi connectivity index (χ0) is 30.6. The Hall–Kier alpha value is -4.91. The maximum absolute atomic E-state index is 12.6. The molecular formula is C30H25F3N6O3S. The number of benzene rings is 3. The van der Waals surface area contributed by atoms with Gasteiger partial charge in [0.25, 0.3) is 0 Å². The number of thioether (sulfide) groups is 1. The van der Waals surface area contributed by atoms with Crippen LogP contribution in [0.2, 0.25) is 0 Å². The number of aromatic nitrogens is 3. The average molecular weight is 607 g/mol. The molecule has 43 heavy (non-hydrogen) atoms. The second-order valence-electron chi connectivity index (χ2n) is 9.30. The molecule has 0 atom stereocenters. The van der Waals surface area contributed by atoms with E-state index in [9.17, 15) is 22.8 Å². The lowest BCUT2D eigenvalue weighted by molar-refractivity contribution is -0.274. The van der Waals surface area contributed by atoms with Gasteiger partial charge in [-0.1, -0.05) is 61.2 Å². The Morgan fingerprint density at radius 1 is 1.09 bits per heavy atom. The van der Waals surface area contributed by atoms with Crippen LogP contribution >= 0.6 is 11.8 Å². The first-order chi connectivity index (χ1) is 20.6. The minimum atomic E-state index is -4.76. The second-order valence-corrected chi connectivity index (χ2v) is 10.2. The van der Waals surface area contributed by atoms with Crippen molar-refractivity contribution in [1.82, 2.24) is 20.1 Å². The van der Waals surface area contributed by atoms with E-state index >= 15 is 0 Å². The van der Waals surface area contributed by atoms with Crippen molar-refractivity contribution < 1.29 is 27.5 Å². The number of aryl methyl sites for hydroxylation is 1. The molecule has 1 aromatic heterocycles. The Morgan fingerprint density at radius 2 is 1.81 bits per heavy atom. The number of carbonyl (C=O) groups excluding carboxylic acids is 2. The van der Waals surface area contributed by atoms with E-state index in [0.717, 1.165) is 34.4 Å². The highest BCUT2D eigenvalue weighted by molar-refractivity contribution is 8.15. The number of hydrogen-bond acceptors (Lipinski definition) is 6. The number of anilines is 1. The minimum absolute atomic E-state index is 0.128. The summed E-state index contributed by atoms with van der Waals surface area (Å²) in [5.41, 5.74) is 4.55. The van der Waals surface area contributed by atoms with Crippen molar-refractivity contribution in [3.8, 4) is 22.8 Å². The van der Waals surface area contributed by atoms with Gasteiger partial charge < -0.3 is 10.1 Å². The largest absolute Gasteiger partial charge is 0.573 e. The molecule has 0 radical (unpaired) electrons. The van der Waals surface area contributed by atoms with Crippen LogP contribution in [-0.4, -0.2) is 44.0 Å². The van der Waals surface area contributed by atoms with Crippen LogP contribution in [-0.2, 0) is 11.2 Å². The van der Waals surface area contributed by atoms with E-state index in [1.165, 1.54) is 51.9 Å². The molecule has 0 unspecified atom stereocenters. The molecular weight excluding hydrogens is 581 g/mol. The van der Waals surface area contributed by atoms with E-state index in [4.69, 9.17) is 0 Å². The van der Waals surface area contributed by atoms with Gasteiger partial charge in [0.2, 0.25) is 5.91 Å². The lowest BCUT2D eigenvalue weighted by Gasteiger charge is -2.19. The van der Waals surface area contributed by atoms with Gasteiger partial charge in [-0.15, -0.1) is 18.3 Å². The van der Waals surface area contributed by atoms with Crippen molar-refractivity contribution >= 4 is 40.1 Å². The molecule has 2 heterocycles. The summed E-state index contributed by atoms with van der Waals surface area (Å²) in [6, 6.07) is 19.6. The third kappa shape index (κ3) is 7.12. The molecule has 220 valence electrons. The third-order valence-electron chi connectivity index (χ3n) is 6.41. The number of ether oxygens (including phenoxy) is 1. The van der Waals surface area contributed by atoms with Crippen LogP contribution in [0.3, 0.4) is 0 Å². The minimum Gasteiger partial charge on any atom is -0.406 e. The highest BCUT2D eigenvalue weighted by atomic mass is 32.2. The number of rotatable bonds is 7. The van der Waals surface area contributed by atoms with E-state index in [1.807, 2.05) is 62.4 Å². The molecule has 3 amide bonds. The molecule has 1 saturated heterocycles. The first-order valence-corrected chi connectivity index (χ1v) is 14.1. The summed E-state index contributed by atoms with van der Waals surface area (Å²) in [5, 5.41) is 7.41. The summed E-state index contributed by atoms with van der Waals surface area (Å²) in [6.07, 6.45) is -1.02. The monoisotopic (exact) mass is 606 g/mol. The number of amides is 3. The molecule has 1 aliphatic heterocycles. The fourth-order valence-electron chi connectivity index (χ4n) is 4.28. The van der Waals surface area contributed by atoms with Crippen molar-refractivity contribution in [3.05, 3.63) is 96.5 Å². The van der Waals surface area contributed by atoms with Gasteiger partial charge in [0.05, 0.1) is 17.1 Å². The molecule has 1 fully saturated rings. The number of hydrogen-bond donors (Lipinski definition) is 1. The summed E-state index contributed by atoms with van der Waals surface area (Å²) >= 11 is 1.22. The zero-order valence-corrected chi connectivity index (χ0v) is 23.8. The number of aliphatic imine (C=N–C) groups is 1. The molecule has 9 nitrogen and oxygen atoms in total. The van der Waals surface area contributed by atoms with E-state index in [0.29, 0.717) is 16.7 Å². The first-order valence-electron chi connectivity index (χ1n) is 13.1. The number of para-hydroxylation sites is 1. The van der Waals surface area contributed by atoms with Gasteiger partial charge in [-0.2, -0.15) is 4.99 Å². The van der Waals surface area contributed by atoms with Crippen molar-refractivity contribution in [1.29, 1.82) is 0 Å². The van der Waals surface area contributed by atoms with Gasteiger partial charge in [-0.05, 0) is 60.4 Å². The molecule has 0 spiro atoms. The number of nitrogens with one attached hydrogen (secondary N) is 1. The highest BCUT2D eigenvalue weighted by Gasteiger charge is 2.32. The molecule has 5 rings (SSSR count). The molecule has 0 bridgehead atoms. The van der Waals surface area contributed by atoms with Gasteiger partial charge in [-0.3, -0.25) is 9.69 Å². The van der Waals surface area contributed by atoms with E-state index in [-0.39, 0.29) is 17.4 Å². The molecule has 1 N–H and O–H groups in total. The van der Waals surface area contributed by atoms with Crippen LogP contribution < -0.4 is 15.0 Å². The number of urea groups is 1. The topological polar surface area (TPSA) is 102 Å². The van der Waals surface area contributed by atoms with Gasteiger partial charge in [-0.25, -0.2) is 14.5 Å². The molecule has 13 heteroatoms. The van der Waals surface area contributed by atoms with Crippen LogP contribution in [0.15, 0.2) is 90.3 Å². The third-order valence-corrected chi connectivity index (χ3v) is 7.34. The Morgan fingerprint density at radius 3 is 2.51 bits per heavy atom. The maximum Gasteiger partial charge on any atom is 0.573 e. The Labute approximate surface area is 249 Å². The lowest BCUT2D eigenvalue weighted by atomic mass is 10.1. The van der Waals surface area contributed by atoms with Crippen molar-refractivity contribution in [3.63, 3.8) is 0 Å². The van der Waals surface area contributed by atoms with E-state index in [2.05, 4.69) is 25.1 Å². The SMILES string of the molecule is CCc1ccccc1N1C(=O)CSC1=NC(=O)N/C=C(\C)c1ccc(-c2ncn(-c3ccc(OC(F)(F)F)cc3)n2)cc1. The van der Waals surface area contributed by atoms with Crippen LogP contribution in [0, 0.1) is 0 Å². The summed E-state index contributed by atoms with van der Waals surface area (Å²) < 4.78 is 42.5. The van der Waals surface area contributed by atoms with Crippen LogP contribution in [0.25, 0.3) is 22.6 Å². The highest BCUT2D eigenvalue weighted by Crippen LogP contribution is 2.30. The predicted octanol–water partition coefficient (Wildman–Crippen LogP) is 6.60. The summed E-state index contributed by atoms with van der Waals surface area (Å²) in [4.78, 5) is 35.1. The number of nitrogens with zero attached hydrogens (tertiary/aromatic N) is 5. The fraction of sp³-hybridized carbons (Fsp3) is 0.167. The van der Waals surface area contributed by atoms with Crippen LogP contribution in [0.4, 0.5) is 23.7 Å². The zero-order valence-electron chi connectivity index (χ0n) is 23.0. The molecule has 1 aliphatic rings. The number of carbonyl (C=O) groups is 2. The maximum atomic E-state index is 12.6. The van der Waals surface area contributed by atoms with E-state index < -0.39 is 12.4 Å². The number of allylic oxidation sites excluding steroid dienone is 1. The quantitative estimate of drug-likeness (QED) is 0.254. The van der Waals surface area contributed by atoms with Gasteiger partial charge in [0.1, 0.15) is 12.1 Å². The van der Waals surface area contributed by atoms with Gasteiger partial charge in [0.15, 0.2) is 11.0 Å². The molecule has 0 aliphatic carbocycles. The number of alkyl halides is 3. The Bertz CT molecular complexity index is 1700. The van der Waals surface area contributed by atoms with Gasteiger partial charge >= 0.3 is 12.4 Å². The van der Waals surface area contributed by atoms with Gasteiger partial charge in [0, 0.05) is 11.8 Å². The summed E-state index contributed by atoms with van der Waals surface area (Å²) in [7, 11) is 0. The second kappa shape index (κ2) is 12.5. The van der Waals surface area contributed by atoms with Crippen LogP contribution in [0.1, 0.15) is 25.0 Å². The normalized spacial score (nSPS) is 14.8. The van der Waals surface area contributed by atoms with E-state index in [1.54, 1.807) is 6.20 Å². The molecule has 0 saturated carbocycles. The van der Waals surface area contributed by atoms with Crippen molar-refractivity contribution in [2.45, 2.75) is 26.6 Å². The van der Waals surface area contributed by atoms with Crippen molar-refractivity contribution in [2.75, 3.05) is 10.7 Å². The van der Waals surface area contributed by atoms with Crippen LogP contribution in [0.5, 0.6) is 5.75 Å². The Kier molecular flexibility index (Phi) is 8.62. The number of halogens is 3. The van der Waals surface area contributed by atoms with Crippen molar-refractivity contribution in [2.24, 2.45) is 4.99 Å².